The minimum atomic E-state index is -0.288. The van der Waals surface area contributed by atoms with E-state index in [-0.39, 0.29) is 11.5 Å². The van der Waals surface area contributed by atoms with Crippen LogP contribution in [0.25, 0.3) is 11.5 Å². The van der Waals surface area contributed by atoms with E-state index in [1.165, 1.54) is 0 Å². The highest BCUT2D eigenvalue weighted by molar-refractivity contribution is 5.49. The quantitative estimate of drug-likeness (QED) is 0.880. The van der Waals surface area contributed by atoms with Crippen molar-refractivity contribution in [3.05, 3.63) is 29.8 Å². The van der Waals surface area contributed by atoms with Crippen LogP contribution in [0.4, 0.5) is 0 Å². The van der Waals surface area contributed by atoms with E-state index in [9.17, 15) is 0 Å². The van der Waals surface area contributed by atoms with Gasteiger partial charge in [0.2, 0.25) is 11.7 Å². The molecule has 1 atom stereocenters. The third-order valence-corrected chi connectivity index (χ3v) is 2.79. The number of aryl methyl sites for hydroxylation is 1. The maximum atomic E-state index is 6.08. The molecule has 2 aromatic rings. The van der Waals surface area contributed by atoms with E-state index < -0.39 is 0 Å². The zero-order valence-corrected chi connectivity index (χ0v) is 11.1. The van der Waals surface area contributed by atoms with Gasteiger partial charge in [-0.2, -0.15) is 4.98 Å². The van der Waals surface area contributed by atoms with Crippen molar-refractivity contribution in [3.8, 4) is 11.5 Å². The van der Waals surface area contributed by atoms with Crippen LogP contribution < -0.4 is 5.73 Å². The standard InChI is InChI=1S/C13H18N4O/c1-8-5-6-15-9(7-8)11-16-12(18-17-11)10(14)13(2,3)4/h5-7,10H,14H2,1-4H3/t10-/m0/s1. The van der Waals surface area contributed by atoms with Gasteiger partial charge in [-0.3, -0.25) is 4.98 Å². The van der Waals surface area contributed by atoms with Crippen molar-refractivity contribution in [3.63, 3.8) is 0 Å². The average molecular weight is 246 g/mol. The van der Waals surface area contributed by atoms with E-state index >= 15 is 0 Å². The van der Waals surface area contributed by atoms with Crippen molar-refractivity contribution < 1.29 is 4.52 Å². The molecule has 0 saturated heterocycles. The molecule has 0 saturated carbocycles. The monoisotopic (exact) mass is 246 g/mol. The number of rotatable bonds is 2. The van der Waals surface area contributed by atoms with Crippen molar-refractivity contribution in [2.75, 3.05) is 0 Å². The molecule has 2 rings (SSSR count). The van der Waals surface area contributed by atoms with Crippen LogP contribution in [0, 0.1) is 12.3 Å². The van der Waals surface area contributed by atoms with Gasteiger partial charge < -0.3 is 10.3 Å². The van der Waals surface area contributed by atoms with Gasteiger partial charge in [0.1, 0.15) is 5.69 Å². The molecule has 2 aromatic heterocycles. The predicted octanol–water partition coefficient (Wildman–Crippen LogP) is 2.49. The summed E-state index contributed by atoms with van der Waals surface area (Å²) in [5.41, 5.74) is 7.76. The lowest BCUT2D eigenvalue weighted by Crippen LogP contribution is -2.26. The lowest BCUT2D eigenvalue weighted by atomic mass is 9.87. The fourth-order valence-electron chi connectivity index (χ4n) is 1.49. The van der Waals surface area contributed by atoms with Crippen molar-refractivity contribution in [1.29, 1.82) is 0 Å². The molecule has 5 heteroatoms. The first-order chi connectivity index (χ1) is 8.38. The summed E-state index contributed by atoms with van der Waals surface area (Å²) in [6.07, 6.45) is 1.73. The SMILES string of the molecule is Cc1ccnc(-c2noc([C@H](N)C(C)(C)C)n2)c1. The van der Waals surface area contributed by atoms with Crippen molar-refractivity contribution >= 4 is 0 Å². The third-order valence-electron chi connectivity index (χ3n) is 2.79. The molecule has 0 spiro atoms. The van der Waals surface area contributed by atoms with Gasteiger partial charge in [-0.1, -0.05) is 25.9 Å². The number of hydrogen-bond acceptors (Lipinski definition) is 5. The first-order valence-electron chi connectivity index (χ1n) is 5.90. The second kappa shape index (κ2) is 4.49. The molecule has 0 aromatic carbocycles. The molecule has 0 fully saturated rings. The number of nitrogens with zero attached hydrogens (tertiary/aromatic N) is 3. The van der Waals surface area contributed by atoms with Crippen molar-refractivity contribution in [1.82, 2.24) is 15.1 Å². The largest absolute Gasteiger partial charge is 0.337 e. The Morgan fingerprint density at radius 3 is 2.67 bits per heavy atom. The highest BCUT2D eigenvalue weighted by Crippen LogP contribution is 2.30. The fourth-order valence-corrected chi connectivity index (χ4v) is 1.49. The Balaban J connectivity index is 2.31. The number of aromatic nitrogens is 3. The number of nitrogens with two attached hydrogens (primary N) is 1. The zero-order valence-electron chi connectivity index (χ0n) is 11.1. The van der Waals surface area contributed by atoms with Gasteiger partial charge in [-0.15, -0.1) is 0 Å². The minimum absolute atomic E-state index is 0.121. The fraction of sp³-hybridized carbons (Fsp3) is 0.462. The molecule has 96 valence electrons. The summed E-state index contributed by atoms with van der Waals surface area (Å²) in [5, 5.41) is 3.93. The van der Waals surface area contributed by atoms with Crippen molar-refractivity contribution in [2.24, 2.45) is 11.1 Å². The summed E-state index contributed by atoms with van der Waals surface area (Å²) in [4.78, 5) is 8.54. The second-order valence-corrected chi connectivity index (χ2v) is 5.52. The van der Waals surface area contributed by atoms with Gasteiger partial charge in [0, 0.05) is 6.20 Å². The lowest BCUT2D eigenvalue weighted by molar-refractivity contribution is 0.253. The molecule has 18 heavy (non-hydrogen) atoms. The Morgan fingerprint density at radius 2 is 2.06 bits per heavy atom. The van der Waals surface area contributed by atoms with E-state index in [2.05, 4.69) is 15.1 Å². The van der Waals surface area contributed by atoms with Crippen LogP contribution in [0.1, 0.15) is 38.3 Å². The molecule has 2 heterocycles. The third kappa shape index (κ3) is 2.56. The van der Waals surface area contributed by atoms with Crippen LogP contribution in [-0.4, -0.2) is 15.1 Å². The van der Waals surface area contributed by atoms with Crippen molar-refractivity contribution in [2.45, 2.75) is 33.7 Å². The van der Waals surface area contributed by atoms with Gasteiger partial charge in [-0.25, -0.2) is 0 Å². The predicted molar refractivity (Wildman–Crippen MR) is 68.6 cm³/mol. The van der Waals surface area contributed by atoms with Crippen LogP contribution >= 0.6 is 0 Å². The molecule has 2 N–H and O–H groups in total. The maximum absolute atomic E-state index is 6.08. The Labute approximate surface area is 106 Å². The maximum Gasteiger partial charge on any atom is 0.244 e. The summed E-state index contributed by atoms with van der Waals surface area (Å²) >= 11 is 0. The molecular weight excluding hydrogens is 228 g/mol. The summed E-state index contributed by atoms with van der Waals surface area (Å²) < 4.78 is 5.22. The highest BCUT2D eigenvalue weighted by Gasteiger charge is 2.27. The molecule has 5 nitrogen and oxygen atoms in total. The molecule has 0 unspecified atom stereocenters. The summed E-state index contributed by atoms with van der Waals surface area (Å²) in [5.74, 6) is 0.925. The lowest BCUT2D eigenvalue weighted by Gasteiger charge is -2.23. The topological polar surface area (TPSA) is 77.8 Å². The van der Waals surface area contributed by atoms with Crippen LogP contribution in [0.15, 0.2) is 22.9 Å². The molecule has 0 bridgehead atoms. The molecule has 0 amide bonds. The molecule has 0 aliphatic rings. The summed E-state index contributed by atoms with van der Waals surface area (Å²) in [6, 6.07) is 3.55. The Morgan fingerprint density at radius 1 is 1.33 bits per heavy atom. The van der Waals surface area contributed by atoms with E-state index in [0.29, 0.717) is 17.4 Å². The zero-order chi connectivity index (χ0) is 13.3. The van der Waals surface area contributed by atoms with Gasteiger partial charge in [-0.05, 0) is 30.0 Å². The van der Waals surface area contributed by atoms with Gasteiger partial charge in [0.05, 0.1) is 6.04 Å². The average Bonchev–Trinajstić information content (AvgIpc) is 2.75. The van der Waals surface area contributed by atoms with E-state index in [1.54, 1.807) is 6.20 Å². The van der Waals surface area contributed by atoms with Crippen LogP contribution in [0.5, 0.6) is 0 Å². The second-order valence-electron chi connectivity index (χ2n) is 5.52. The Kier molecular flexibility index (Phi) is 3.17. The Hall–Kier alpha value is -1.75. The summed E-state index contributed by atoms with van der Waals surface area (Å²) in [7, 11) is 0. The van der Waals surface area contributed by atoms with E-state index in [1.807, 2.05) is 39.8 Å². The number of hydrogen-bond donors (Lipinski definition) is 1. The van der Waals surface area contributed by atoms with Gasteiger partial charge >= 0.3 is 0 Å². The first kappa shape index (κ1) is 12.7. The van der Waals surface area contributed by atoms with Crippen LogP contribution in [-0.2, 0) is 0 Å². The summed E-state index contributed by atoms with van der Waals surface area (Å²) in [6.45, 7) is 8.10. The van der Waals surface area contributed by atoms with Gasteiger partial charge in [0.25, 0.3) is 0 Å². The van der Waals surface area contributed by atoms with E-state index in [4.69, 9.17) is 10.3 Å². The highest BCUT2D eigenvalue weighted by atomic mass is 16.5. The van der Waals surface area contributed by atoms with Crippen LogP contribution in [0.3, 0.4) is 0 Å². The first-order valence-corrected chi connectivity index (χ1v) is 5.90. The Bertz CT molecular complexity index is 542. The number of pyridine rings is 1. The smallest absolute Gasteiger partial charge is 0.244 e. The minimum Gasteiger partial charge on any atom is -0.337 e. The molecular formula is C13H18N4O. The van der Waals surface area contributed by atoms with E-state index in [0.717, 1.165) is 5.56 Å². The van der Waals surface area contributed by atoms with Gasteiger partial charge in [0.15, 0.2) is 0 Å². The van der Waals surface area contributed by atoms with Crippen LogP contribution in [0.2, 0.25) is 0 Å². The molecule has 0 aliphatic carbocycles. The molecule has 0 aliphatic heterocycles. The molecule has 0 radical (unpaired) electrons. The normalized spacial score (nSPS) is 13.6.